The smallest absolute Gasteiger partial charge is 0.0896 e. The van der Waals surface area contributed by atoms with Crippen LogP contribution in [0.15, 0.2) is 28.7 Å². The summed E-state index contributed by atoms with van der Waals surface area (Å²) in [4.78, 5) is 0. The van der Waals surface area contributed by atoms with Gasteiger partial charge in [-0.1, -0.05) is 67.6 Å². The largest absolute Gasteiger partial charge is 0.385 e. The fourth-order valence-corrected chi connectivity index (χ4v) is 2.38. The molecule has 0 aliphatic heterocycles. The van der Waals surface area contributed by atoms with Gasteiger partial charge in [0.25, 0.3) is 0 Å². The van der Waals surface area contributed by atoms with Gasteiger partial charge < -0.3 is 5.11 Å². The van der Waals surface area contributed by atoms with E-state index in [-0.39, 0.29) is 0 Å². The Bertz CT molecular complexity index is 310. The highest BCUT2D eigenvalue weighted by Gasteiger charge is 2.27. The van der Waals surface area contributed by atoms with Crippen LogP contribution >= 0.6 is 15.9 Å². The molecular formula is C15H23BrO. The highest BCUT2D eigenvalue weighted by molar-refractivity contribution is 9.10. The molecule has 17 heavy (non-hydrogen) atoms. The van der Waals surface area contributed by atoms with Gasteiger partial charge in [-0.3, -0.25) is 0 Å². The first-order valence-corrected chi connectivity index (χ1v) is 7.40. The van der Waals surface area contributed by atoms with Crippen LogP contribution in [0.2, 0.25) is 0 Å². The topological polar surface area (TPSA) is 20.2 Å². The van der Waals surface area contributed by atoms with Gasteiger partial charge in [-0.15, -0.1) is 0 Å². The zero-order valence-electron chi connectivity index (χ0n) is 10.9. The molecule has 0 spiro atoms. The first kappa shape index (κ1) is 14.7. The van der Waals surface area contributed by atoms with Crippen LogP contribution in [-0.2, 0) is 5.60 Å². The minimum absolute atomic E-state index is 0.632. The van der Waals surface area contributed by atoms with Crippen LogP contribution in [0.3, 0.4) is 0 Å². The zero-order chi connectivity index (χ0) is 12.7. The lowest BCUT2D eigenvalue weighted by atomic mass is 9.84. The van der Waals surface area contributed by atoms with Crippen LogP contribution in [-0.4, -0.2) is 5.11 Å². The Morgan fingerprint density at radius 2 is 1.47 bits per heavy atom. The highest BCUT2D eigenvalue weighted by atomic mass is 79.9. The fourth-order valence-electron chi connectivity index (χ4n) is 2.11. The van der Waals surface area contributed by atoms with Crippen molar-refractivity contribution in [2.45, 2.75) is 58.0 Å². The summed E-state index contributed by atoms with van der Waals surface area (Å²) in [6.45, 7) is 4.34. The lowest BCUT2D eigenvalue weighted by molar-refractivity contribution is 0.0141. The van der Waals surface area contributed by atoms with Gasteiger partial charge in [0.2, 0.25) is 0 Å². The van der Waals surface area contributed by atoms with E-state index < -0.39 is 5.60 Å². The van der Waals surface area contributed by atoms with E-state index in [1.807, 2.05) is 24.3 Å². The Morgan fingerprint density at radius 3 is 1.88 bits per heavy atom. The van der Waals surface area contributed by atoms with Crippen molar-refractivity contribution in [2.24, 2.45) is 0 Å². The summed E-state index contributed by atoms with van der Waals surface area (Å²) in [6.07, 6.45) is 6.15. The lowest BCUT2D eigenvalue weighted by Crippen LogP contribution is -2.25. The Kier molecular flexibility index (Phi) is 6.21. The van der Waals surface area contributed by atoms with Crippen molar-refractivity contribution in [1.29, 1.82) is 0 Å². The van der Waals surface area contributed by atoms with Crippen LogP contribution in [0.25, 0.3) is 0 Å². The molecule has 0 aromatic heterocycles. The average molecular weight is 299 g/mol. The summed E-state index contributed by atoms with van der Waals surface area (Å²) in [5, 5.41) is 10.8. The maximum Gasteiger partial charge on any atom is 0.0896 e. The minimum Gasteiger partial charge on any atom is -0.385 e. The Balaban J connectivity index is 2.83. The summed E-state index contributed by atoms with van der Waals surface area (Å²) in [7, 11) is 0. The summed E-state index contributed by atoms with van der Waals surface area (Å²) in [6, 6.07) is 8.10. The van der Waals surface area contributed by atoms with Crippen molar-refractivity contribution in [3.63, 3.8) is 0 Å². The molecule has 1 aromatic rings. The molecule has 0 unspecified atom stereocenters. The molecular weight excluding hydrogens is 276 g/mol. The minimum atomic E-state index is -0.632. The number of aliphatic hydroxyl groups is 1. The third kappa shape index (κ3) is 4.44. The van der Waals surface area contributed by atoms with E-state index in [1.165, 1.54) is 0 Å². The predicted octanol–water partition coefficient (Wildman–Crippen LogP) is 5.02. The summed E-state index contributed by atoms with van der Waals surface area (Å²) in [5.41, 5.74) is 0.426. The number of hydrogen-bond donors (Lipinski definition) is 1. The van der Waals surface area contributed by atoms with Crippen LogP contribution in [0.1, 0.15) is 57.9 Å². The Morgan fingerprint density at radius 1 is 1.00 bits per heavy atom. The standard InChI is InChI=1S/C15H23BrO/c1-3-5-11-15(17,12-6-4-2)13-7-9-14(16)10-8-13/h7-10,17H,3-6,11-12H2,1-2H3. The average Bonchev–Trinajstić information content (AvgIpc) is 2.34. The molecule has 1 N–H and O–H groups in total. The predicted molar refractivity (Wildman–Crippen MR) is 77.1 cm³/mol. The maximum absolute atomic E-state index is 10.8. The van der Waals surface area contributed by atoms with E-state index in [0.717, 1.165) is 48.6 Å². The van der Waals surface area contributed by atoms with Crippen LogP contribution in [0.5, 0.6) is 0 Å². The molecule has 0 saturated carbocycles. The second kappa shape index (κ2) is 7.17. The van der Waals surface area contributed by atoms with Crippen molar-refractivity contribution < 1.29 is 5.11 Å². The van der Waals surface area contributed by atoms with Crippen molar-refractivity contribution in [1.82, 2.24) is 0 Å². The molecule has 96 valence electrons. The van der Waals surface area contributed by atoms with Crippen LogP contribution in [0, 0.1) is 0 Å². The second-order valence-corrected chi connectivity index (χ2v) is 5.66. The molecule has 0 aliphatic carbocycles. The number of halogens is 1. The van der Waals surface area contributed by atoms with Gasteiger partial charge in [0.1, 0.15) is 0 Å². The lowest BCUT2D eigenvalue weighted by Gasteiger charge is -2.29. The van der Waals surface area contributed by atoms with Crippen molar-refractivity contribution in [3.05, 3.63) is 34.3 Å². The fraction of sp³-hybridized carbons (Fsp3) is 0.600. The summed E-state index contributed by atoms with van der Waals surface area (Å²) >= 11 is 3.44. The van der Waals surface area contributed by atoms with Crippen molar-refractivity contribution in [2.75, 3.05) is 0 Å². The number of rotatable bonds is 7. The Labute approximate surface area is 113 Å². The quantitative estimate of drug-likeness (QED) is 0.749. The molecule has 1 rings (SSSR count). The molecule has 0 saturated heterocycles. The number of hydrogen-bond acceptors (Lipinski definition) is 1. The molecule has 1 nitrogen and oxygen atoms in total. The van der Waals surface area contributed by atoms with Gasteiger partial charge in [-0.05, 0) is 30.5 Å². The van der Waals surface area contributed by atoms with Gasteiger partial charge in [0, 0.05) is 4.47 Å². The zero-order valence-corrected chi connectivity index (χ0v) is 12.5. The van der Waals surface area contributed by atoms with Crippen LogP contribution in [0.4, 0.5) is 0 Å². The number of benzene rings is 1. The van der Waals surface area contributed by atoms with E-state index in [0.29, 0.717) is 0 Å². The van der Waals surface area contributed by atoms with E-state index in [2.05, 4.69) is 29.8 Å². The third-order valence-electron chi connectivity index (χ3n) is 3.27. The van der Waals surface area contributed by atoms with Gasteiger partial charge >= 0.3 is 0 Å². The SMILES string of the molecule is CCCCC(O)(CCCC)c1ccc(Br)cc1. The van der Waals surface area contributed by atoms with E-state index >= 15 is 0 Å². The van der Waals surface area contributed by atoms with Gasteiger partial charge in [-0.25, -0.2) is 0 Å². The van der Waals surface area contributed by atoms with E-state index in [4.69, 9.17) is 0 Å². The normalized spacial score (nSPS) is 11.8. The van der Waals surface area contributed by atoms with E-state index in [1.54, 1.807) is 0 Å². The monoisotopic (exact) mass is 298 g/mol. The molecule has 0 radical (unpaired) electrons. The molecule has 0 atom stereocenters. The summed E-state index contributed by atoms with van der Waals surface area (Å²) in [5.74, 6) is 0. The molecule has 0 amide bonds. The molecule has 2 heteroatoms. The van der Waals surface area contributed by atoms with Gasteiger partial charge in [0.15, 0.2) is 0 Å². The van der Waals surface area contributed by atoms with Crippen LogP contribution < -0.4 is 0 Å². The molecule has 0 aliphatic rings. The summed E-state index contributed by atoms with van der Waals surface area (Å²) < 4.78 is 1.06. The van der Waals surface area contributed by atoms with Gasteiger partial charge in [0.05, 0.1) is 5.60 Å². The molecule has 1 aromatic carbocycles. The second-order valence-electron chi connectivity index (χ2n) is 4.75. The van der Waals surface area contributed by atoms with Gasteiger partial charge in [-0.2, -0.15) is 0 Å². The third-order valence-corrected chi connectivity index (χ3v) is 3.80. The maximum atomic E-state index is 10.8. The number of unbranched alkanes of at least 4 members (excludes halogenated alkanes) is 2. The first-order chi connectivity index (χ1) is 8.12. The van der Waals surface area contributed by atoms with Crippen molar-refractivity contribution >= 4 is 15.9 Å². The van der Waals surface area contributed by atoms with E-state index in [9.17, 15) is 5.11 Å². The Hall–Kier alpha value is -0.340. The van der Waals surface area contributed by atoms with Crippen molar-refractivity contribution in [3.8, 4) is 0 Å². The molecule has 0 bridgehead atoms. The molecule has 0 fully saturated rings. The molecule has 0 heterocycles. The highest BCUT2D eigenvalue weighted by Crippen LogP contribution is 2.33. The first-order valence-electron chi connectivity index (χ1n) is 6.61.